The van der Waals surface area contributed by atoms with Crippen LogP contribution in [0, 0.1) is 41.1 Å². The van der Waals surface area contributed by atoms with Crippen molar-refractivity contribution < 1.29 is 77.9 Å². The lowest BCUT2D eigenvalue weighted by atomic mass is 9.95. The smallest absolute Gasteiger partial charge is 0.297 e. The van der Waals surface area contributed by atoms with Gasteiger partial charge >= 0.3 is 0 Å². The van der Waals surface area contributed by atoms with E-state index in [0.717, 1.165) is 114 Å². The van der Waals surface area contributed by atoms with Gasteiger partial charge in [0.2, 0.25) is 44.2 Å². The number of nitrogens with zero attached hydrogens (tertiary/aromatic N) is 12. The summed E-state index contributed by atoms with van der Waals surface area (Å²) in [7, 11) is 3.08. The lowest BCUT2D eigenvalue weighted by Gasteiger charge is -2.29. The van der Waals surface area contributed by atoms with E-state index in [1.807, 2.05) is 20.1 Å². The third kappa shape index (κ3) is 17.7. The maximum Gasteiger partial charge on any atom is 0.297 e. The third-order valence-corrected chi connectivity index (χ3v) is 19.0. The second kappa shape index (κ2) is 30.3. The van der Waals surface area contributed by atoms with Crippen LogP contribution >= 0.6 is 11.8 Å². The minimum atomic E-state index is -3.52. The molecule has 24 nitrogen and oxygen atoms in total. The number of carbonyl (C=O) groups is 2. The summed E-state index contributed by atoms with van der Waals surface area (Å²) in [5.74, 6) is -2.62. The zero-order valence-corrected chi connectivity index (χ0v) is 57.8. The molecule has 6 saturated carbocycles. The number of ether oxygens (including phenoxy) is 8. The van der Waals surface area contributed by atoms with E-state index >= 15 is 0 Å². The number of pyridine rings is 4. The maximum atomic E-state index is 14.9. The molecule has 0 N–H and O–H groups in total. The molecule has 0 aliphatic heterocycles. The number of halogens is 5. The highest BCUT2D eigenvalue weighted by Crippen LogP contribution is 2.38. The highest BCUT2D eigenvalue weighted by atomic mass is 32.2. The van der Waals surface area contributed by atoms with Crippen LogP contribution in [-0.2, 0) is 57.1 Å². The molecule has 31 heteroatoms. The summed E-state index contributed by atoms with van der Waals surface area (Å²) in [5.41, 5.74) is 1.97. The molecule has 6 fully saturated rings. The van der Waals surface area contributed by atoms with Crippen LogP contribution in [0.2, 0.25) is 0 Å². The number of ketones is 2. The number of carbonyl (C=O) groups excluding carboxylic acids is 2. The first-order valence-corrected chi connectivity index (χ1v) is 36.1. The molecular weight excluding hydrogens is 1310 g/mol. The summed E-state index contributed by atoms with van der Waals surface area (Å²) >= 11 is 1.48. The molecule has 6 aliphatic rings. The van der Waals surface area contributed by atoms with Crippen LogP contribution in [0.3, 0.4) is 0 Å². The molecule has 8 aromatic heterocycles. The number of aromatic nitrogens is 12. The molecule has 0 saturated heterocycles. The van der Waals surface area contributed by atoms with Crippen LogP contribution in [0.1, 0.15) is 143 Å². The van der Waals surface area contributed by atoms with Crippen LogP contribution in [0.25, 0.3) is 44.1 Å². The number of aryl methyl sites for hydroxylation is 4. The molecule has 0 unspecified atom stereocenters. The van der Waals surface area contributed by atoms with E-state index in [0.29, 0.717) is 54.1 Å². The average molecular weight is 1400 g/mol. The van der Waals surface area contributed by atoms with Gasteiger partial charge in [0.25, 0.3) is 35.5 Å². The molecule has 8 heterocycles. The number of fused-ring (bicyclic) bond motifs is 4. The number of sulfone groups is 1. The van der Waals surface area contributed by atoms with Gasteiger partial charge in [0.1, 0.15) is 86.8 Å². The first-order chi connectivity index (χ1) is 46.3. The standard InChI is InChI=1S/C22H29F2N3O4.C22H30FN3O4.C11H12FN3O3S.C11H12FN3OS/c1-12(10-13(2)28)11-29-14-4-6-16(7-5-14)31-22-25-18-19(27(22)3)17(23)21(26-20(18)24)30-15-8-9-15;1-13(10-14(2)27)12-28-15-4-6-17(7-5-15)30-22-25-18-11-24-21(29-16-8-9-16)19(23)20(18)26(22)3;1-15-9-7(14-11(15)19(2,16)17)5-13-10(8(9)12)18-6-3-4-6;1-15-9-7(14-11(15)17-2)5-13-10(8(9)12)16-6-3-4-6/h12,14-16H,4-11H2,1-3H3;11,13,15-17H,4-10,12H2,1-3H3;5-6H,3-4H2,1-2H3;5-6H,3-4H2,1-2H3/t12-,14?,16?;13-,15?,17?;;/m11../s1. The second-order valence-corrected chi connectivity index (χ2v) is 29.0. The minimum absolute atomic E-state index is 0.00497. The Bertz CT molecular complexity index is 4270. The monoisotopic (exact) mass is 1390 g/mol. The lowest BCUT2D eigenvalue weighted by Crippen LogP contribution is -2.30. The van der Waals surface area contributed by atoms with Gasteiger partial charge in [0.15, 0.2) is 10.7 Å². The van der Waals surface area contributed by atoms with E-state index in [4.69, 9.17) is 37.9 Å². The largest absolute Gasteiger partial charge is 0.472 e. The third-order valence-electron chi connectivity index (χ3n) is 17.2. The number of hydrogen-bond acceptors (Lipinski definition) is 21. The Hall–Kier alpha value is -7.51. The Morgan fingerprint density at radius 1 is 0.474 bits per heavy atom. The van der Waals surface area contributed by atoms with Crippen molar-refractivity contribution in [2.45, 2.75) is 202 Å². The lowest BCUT2D eigenvalue weighted by molar-refractivity contribution is -0.119. The SMILES string of the molecule is CC(=O)C[C@@H](C)COC1CCC(Oc2nc3c(F)nc(OC4CC4)c(F)c3n2C)CC1.CC(=O)C[C@@H](C)COC1CCC(Oc2nc3cnc(OC4CC4)c(F)c3n2C)CC1.CSc1nc2cnc(OC3CC3)c(F)c2n1C.Cn1c(S(C)(=O)=O)nc2cnc(OC3CC3)c(F)c21. The molecular formula is C66H83F5N12O12S2. The van der Waals surface area contributed by atoms with Crippen molar-refractivity contribution in [3.63, 3.8) is 0 Å². The van der Waals surface area contributed by atoms with Crippen molar-refractivity contribution in [2.24, 2.45) is 40.0 Å². The molecule has 526 valence electrons. The predicted molar refractivity (Wildman–Crippen MR) is 347 cm³/mol. The first kappa shape index (κ1) is 70.8. The van der Waals surface area contributed by atoms with Crippen LogP contribution in [0.4, 0.5) is 22.0 Å². The average Bonchev–Trinajstić information content (AvgIpc) is 1.65. The van der Waals surface area contributed by atoms with Gasteiger partial charge in [-0.15, -0.1) is 0 Å². The van der Waals surface area contributed by atoms with E-state index in [9.17, 15) is 40.0 Å². The Labute approximate surface area is 562 Å². The molecule has 14 rings (SSSR count). The Morgan fingerprint density at radius 3 is 1.23 bits per heavy atom. The van der Waals surface area contributed by atoms with Gasteiger partial charge in [0.05, 0.1) is 30.8 Å². The fourth-order valence-electron chi connectivity index (χ4n) is 11.6. The highest BCUT2D eigenvalue weighted by Gasteiger charge is 2.34. The molecule has 2 atom stereocenters. The molecule has 0 bridgehead atoms. The van der Waals surface area contributed by atoms with Gasteiger partial charge in [-0.05, 0) is 135 Å². The zero-order chi connectivity index (χ0) is 69.1. The van der Waals surface area contributed by atoms with E-state index < -0.39 is 39.1 Å². The van der Waals surface area contributed by atoms with E-state index in [2.05, 4.69) is 39.9 Å². The van der Waals surface area contributed by atoms with Gasteiger partial charge in [-0.25, -0.2) is 33.3 Å². The molecule has 0 aromatic carbocycles. The topological polar surface area (TPSA) is 265 Å². The number of rotatable bonds is 24. The van der Waals surface area contributed by atoms with Gasteiger partial charge in [-0.2, -0.15) is 36.9 Å². The summed E-state index contributed by atoms with van der Waals surface area (Å²) in [6.45, 7) is 8.43. The summed E-state index contributed by atoms with van der Waals surface area (Å²) in [6.07, 6.45) is 22.8. The maximum absolute atomic E-state index is 14.9. The Morgan fingerprint density at radius 2 is 0.814 bits per heavy atom. The molecule has 8 aromatic rings. The number of hydrogen-bond donors (Lipinski definition) is 0. The molecule has 6 aliphatic carbocycles. The summed E-state index contributed by atoms with van der Waals surface area (Å²) < 4.78 is 147. The van der Waals surface area contributed by atoms with Gasteiger partial charge in [-0.1, -0.05) is 25.6 Å². The van der Waals surface area contributed by atoms with Crippen molar-refractivity contribution in [1.29, 1.82) is 0 Å². The highest BCUT2D eigenvalue weighted by molar-refractivity contribution is 7.98. The molecule has 0 radical (unpaired) electrons. The number of Topliss-reactive ketones (excluding diaryl/α,β-unsaturated/α-hetero) is 2. The van der Waals surface area contributed by atoms with Crippen LogP contribution in [0.5, 0.6) is 35.5 Å². The van der Waals surface area contributed by atoms with Crippen LogP contribution in [0.15, 0.2) is 28.9 Å². The zero-order valence-electron chi connectivity index (χ0n) is 56.1. The van der Waals surface area contributed by atoms with Gasteiger partial charge in [0, 0.05) is 60.5 Å². The predicted octanol–water partition coefficient (Wildman–Crippen LogP) is 11.5. The molecule has 0 amide bonds. The fraction of sp³-hybridized carbons (Fsp3) is 0.606. The fourth-order valence-corrected chi connectivity index (χ4v) is 13.0. The van der Waals surface area contributed by atoms with Crippen molar-refractivity contribution in [1.82, 2.24) is 58.1 Å². The molecule has 0 spiro atoms. The minimum Gasteiger partial charge on any atom is -0.472 e. The quantitative estimate of drug-likeness (QED) is 0.0309. The number of thioether (sulfide) groups is 1. The van der Waals surface area contributed by atoms with Crippen LogP contribution in [-0.4, -0.2) is 153 Å². The van der Waals surface area contributed by atoms with Crippen molar-refractivity contribution in [3.8, 4) is 35.5 Å². The van der Waals surface area contributed by atoms with E-state index in [-0.39, 0.29) is 129 Å². The van der Waals surface area contributed by atoms with Gasteiger partial charge in [-0.3, -0.25) is 9.13 Å². The first-order valence-electron chi connectivity index (χ1n) is 33.0. The Balaban J connectivity index is 0.000000135. The van der Waals surface area contributed by atoms with Crippen molar-refractivity contribution in [2.75, 3.05) is 25.7 Å². The summed E-state index contributed by atoms with van der Waals surface area (Å²) in [6, 6.07) is 0.561. The van der Waals surface area contributed by atoms with E-state index in [1.165, 1.54) is 40.3 Å². The summed E-state index contributed by atoms with van der Waals surface area (Å²) in [5, 5.41) is 0.580. The normalized spacial score (nSPS) is 20.1. The summed E-state index contributed by atoms with van der Waals surface area (Å²) in [4.78, 5) is 54.7. The molecule has 97 heavy (non-hydrogen) atoms. The second-order valence-electron chi connectivity index (χ2n) is 26.3. The Kier molecular flexibility index (Phi) is 22.1. The van der Waals surface area contributed by atoms with Gasteiger partial charge < -0.3 is 56.6 Å². The number of imidazole rings is 4. The van der Waals surface area contributed by atoms with Crippen molar-refractivity contribution >= 4 is 77.3 Å². The van der Waals surface area contributed by atoms with Crippen molar-refractivity contribution in [3.05, 3.63) is 47.8 Å². The van der Waals surface area contributed by atoms with Crippen LogP contribution < -0.4 is 28.4 Å². The van der Waals surface area contributed by atoms with E-state index in [1.54, 1.807) is 50.3 Å².